The van der Waals surface area contributed by atoms with Crippen LogP contribution in [0.1, 0.15) is 37.3 Å². The minimum absolute atomic E-state index is 0.0777. The van der Waals surface area contributed by atoms with Gasteiger partial charge in [-0.15, -0.1) is 11.6 Å². The summed E-state index contributed by atoms with van der Waals surface area (Å²) < 4.78 is 5.09. The first-order valence-corrected chi connectivity index (χ1v) is 6.44. The van der Waals surface area contributed by atoms with Crippen LogP contribution < -0.4 is 5.32 Å². The van der Waals surface area contributed by atoms with E-state index in [-0.39, 0.29) is 10.8 Å². The zero-order valence-electron chi connectivity index (χ0n) is 10.9. The Kier molecular flexibility index (Phi) is 3.37. The number of methoxy groups -OCH3 is 1. The smallest absolute Gasteiger partial charge is 0.0819 e. The average Bonchev–Trinajstić information content (AvgIpc) is 2.50. The van der Waals surface area contributed by atoms with Gasteiger partial charge in [-0.2, -0.15) is 0 Å². The van der Waals surface area contributed by atoms with Gasteiger partial charge in [0.25, 0.3) is 0 Å². The van der Waals surface area contributed by atoms with Gasteiger partial charge in [0.05, 0.1) is 12.0 Å². The van der Waals surface area contributed by atoms with E-state index in [9.17, 15) is 0 Å². The van der Waals surface area contributed by atoms with Gasteiger partial charge in [0.2, 0.25) is 0 Å². The quantitative estimate of drug-likeness (QED) is 0.830. The summed E-state index contributed by atoms with van der Waals surface area (Å²) in [5.74, 6) is 0. The second kappa shape index (κ2) is 4.51. The lowest BCUT2D eigenvalue weighted by molar-refractivity contribution is 0.198. The first kappa shape index (κ1) is 12.7. The lowest BCUT2D eigenvalue weighted by Gasteiger charge is -2.24. The van der Waals surface area contributed by atoms with Gasteiger partial charge < -0.3 is 10.1 Å². The number of alkyl halides is 1. The number of hydrogen-bond acceptors (Lipinski definition) is 2. The van der Waals surface area contributed by atoms with Crippen LogP contribution in [-0.4, -0.2) is 19.8 Å². The van der Waals surface area contributed by atoms with E-state index in [1.54, 1.807) is 7.11 Å². The van der Waals surface area contributed by atoms with Gasteiger partial charge in [-0.05, 0) is 24.1 Å². The van der Waals surface area contributed by atoms with Crippen LogP contribution in [0.4, 0.5) is 5.69 Å². The molecule has 0 aliphatic carbocycles. The number of fused-ring (bicyclic) bond motifs is 1. The van der Waals surface area contributed by atoms with E-state index < -0.39 is 0 Å². The van der Waals surface area contributed by atoms with E-state index in [2.05, 4.69) is 44.3 Å². The summed E-state index contributed by atoms with van der Waals surface area (Å²) in [6, 6.07) is 6.89. The fourth-order valence-electron chi connectivity index (χ4n) is 2.33. The van der Waals surface area contributed by atoms with Crippen molar-refractivity contribution in [2.24, 2.45) is 0 Å². The molecule has 17 heavy (non-hydrogen) atoms. The summed E-state index contributed by atoms with van der Waals surface area (Å²) in [6.07, 6.45) is 0. The lowest BCUT2D eigenvalue weighted by atomic mass is 9.81. The first-order chi connectivity index (χ1) is 7.96. The average molecular weight is 254 g/mol. The summed E-state index contributed by atoms with van der Waals surface area (Å²) in [5, 5.41) is 3.45. The minimum Gasteiger partial charge on any atom is -0.383 e. The fourth-order valence-corrected chi connectivity index (χ4v) is 2.59. The standard InChI is InChI=1S/C14H20ClNO/c1-9-14(2,3)11-6-5-10(7-13(11)16-9)12(15)8-17-4/h5-7,9,12,16H,8H2,1-4H3. The van der Waals surface area contributed by atoms with Gasteiger partial charge in [-0.25, -0.2) is 0 Å². The molecule has 1 N–H and O–H groups in total. The van der Waals surface area contributed by atoms with Crippen molar-refractivity contribution >= 4 is 17.3 Å². The molecule has 2 rings (SSSR count). The molecular formula is C14H20ClNO. The minimum atomic E-state index is -0.0777. The molecule has 2 unspecified atom stereocenters. The van der Waals surface area contributed by atoms with E-state index >= 15 is 0 Å². The van der Waals surface area contributed by atoms with Crippen LogP contribution in [0.5, 0.6) is 0 Å². The predicted molar refractivity (Wildman–Crippen MR) is 73.0 cm³/mol. The number of rotatable bonds is 3. The van der Waals surface area contributed by atoms with Gasteiger partial charge in [-0.1, -0.05) is 26.0 Å². The Morgan fingerprint density at radius 1 is 1.47 bits per heavy atom. The molecular weight excluding hydrogens is 234 g/mol. The molecule has 1 aliphatic rings. The van der Waals surface area contributed by atoms with E-state index in [1.165, 1.54) is 11.3 Å². The Labute approximate surface area is 108 Å². The molecule has 2 nitrogen and oxygen atoms in total. The Hall–Kier alpha value is -0.730. The molecule has 3 heteroatoms. The van der Waals surface area contributed by atoms with Crippen molar-refractivity contribution in [3.63, 3.8) is 0 Å². The maximum atomic E-state index is 6.26. The van der Waals surface area contributed by atoms with Crippen LogP contribution in [-0.2, 0) is 10.2 Å². The number of anilines is 1. The van der Waals surface area contributed by atoms with Crippen molar-refractivity contribution in [3.8, 4) is 0 Å². The highest BCUT2D eigenvalue weighted by atomic mass is 35.5. The fraction of sp³-hybridized carbons (Fsp3) is 0.571. The Balaban J connectivity index is 2.32. The molecule has 1 aromatic carbocycles. The van der Waals surface area contributed by atoms with Gasteiger partial charge in [0.1, 0.15) is 0 Å². The molecule has 0 fully saturated rings. The number of halogens is 1. The van der Waals surface area contributed by atoms with Crippen LogP contribution >= 0.6 is 11.6 Å². The van der Waals surface area contributed by atoms with Gasteiger partial charge in [-0.3, -0.25) is 0 Å². The molecule has 0 amide bonds. The van der Waals surface area contributed by atoms with Gasteiger partial charge >= 0.3 is 0 Å². The zero-order valence-corrected chi connectivity index (χ0v) is 11.6. The van der Waals surface area contributed by atoms with Gasteiger partial charge in [0.15, 0.2) is 0 Å². The molecule has 0 saturated heterocycles. The molecule has 1 heterocycles. The highest BCUT2D eigenvalue weighted by Crippen LogP contribution is 2.41. The van der Waals surface area contributed by atoms with Crippen LogP contribution in [0, 0.1) is 0 Å². The Morgan fingerprint density at radius 3 is 2.82 bits per heavy atom. The lowest BCUT2D eigenvalue weighted by Crippen LogP contribution is -2.29. The van der Waals surface area contributed by atoms with Crippen molar-refractivity contribution in [3.05, 3.63) is 29.3 Å². The summed E-state index contributed by atoms with van der Waals surface area (Å²) in [5.41, 5.74) is 3.87. The number of nitrogens with one attached hydrogen (secondary N) is 1. The van der Waals surface area contributed by atoms with Crippen LogP contribution in [0.3, 0.4) is 0 Å². The number of hydrogen-bond donors (Lipinski definition) is 1. The van der Waals surface area contributed by atoms with E-state index in [0.717, 1.165) is 5.56 Å². The molecule has 0 spiro atoms. The molecule has 0 radical (unpaired) electrons. The molecule has 1 aromatic rings. The normalized spacial score (nSPS) is 23.0. The maximum Gasteiger partial charge on any atom is 0.0819 e. The third kappa shape index (κ3) is 2.16. The molecule has 1 aliphatic heterocycles. The van der Waals surface area contributed by atoms with E-state index in [1.807, 2.05) is 0 Å². The monoisotopic (exact) mass is 253 g/mol. The second-order valence-electron chi connectivity index (χ2n) is 5.32. The van der Waals surface area contributed by atoms with E-state index in [4.69, 9.17) is 16.3 Å². The zero-order chi connectivity index (χ0) is 12.6. The summed E-state index contributed by atoms with van der Waals surface area (Å²) in [4.78, 5) is 0. The first-order valence-electron chi connectivity index (χ1n) is 6.00. The predicted octanol–water partition coefficient (Wildman–Crippen LogP) is 3.70. The topological polar surface area (TPSA) is 21.3 Å². The van der Waals surface area contributed by atoms with Crippen molar-refractivity contribution in [2.75, 3.05) is 19.0 Å². The SMILES string of the molecule is COCC(Cl)c1ccc2c(c1)NC(C)C2(C)C. The van der Waals surface area contributed by atoms with Crippen LogP contribution in [0.25, 0.3) is 0 Å². The summed E-state index contributed by atoms with van der Waals surface area (Å²) >= 11 is 6.26. The molecule has 0 aromatic heterocycles. The maximum absolute atomic E-state index is 6.26. The Morgan fingerprint density at radius 2 is 2.18 bits per heavy atom. The van der Waals surface area contributed by atoms with E-state index in [0.29, 0.717) is 12.6 Å². The van der Waals surface area contributed by atoms with Gasteiger partial charge in [0, 0.05) is 24.3 Å². The summed E-state index contributed by atoms with van der Waals surface area (Å²) in [7, 11) is 1.67. The third-order valence-corrected chi connectivity index (χ3v) is 4.24. The summed E-state index contributed by atoms with van der Waals surface area (Å²) in [6.45, 7) is 7.29. The molecule has 0 saturated carbocycles. The van der Waals surface area contributed by atoms with Crippen molar-refractivity contribution in [1.29, 1.82) is 0 Å². The number of benzene rings is 1. The Bertz CT molecular complexity index is 417. The van der Waals surface area contributed by atoms with Crippen molar-refractivity contribution < 1.29 is 4.74 Å². The van der Waals surface area contributed by atoms with Crippen LogP contribution in [0.15, 0.2) is 18.2 Å². The molecule has 94 valence electrons. The van der Waals surface area contributed by atoms with Crippen molar-refractivity contribution in [1.82, 2.24) is 0 Å². The highest BCUT2D eigenvalue weighted by molar-refractivity contribution is 6.21. The largest absolute Gasteiger partial charge is 0.383 e. The van der Waals surface area contributed by atoms with Crippen LogP contribution in [0.2, 0.25) is 0 Å². The third-order valence-electron chi connectivity index (χ3n) is 3.87. The second-order valence-corrected chi connectivity index (χ2v) is 5.84. The molecule has 0 bridgehead atoms. The highest BCUT2D eigenvalue weighted by Gasteiger charge is 2.36. The number of ether oxygens (including phenoxy) is 1. The molecule has 2 atom stereocenters. The van der Waals surface area contributed by atoms with Crippen molar-refractivity contribution in [2.45, 2.75) is 37.6 Å².